The van der Waals surface area contributed by atoms with Gasteiger partial charge in [0.25, 0.3) is 0 Å². The van der Waals surface area contributed by atoms with E-state index in [1.54, 1.807) is 0 Å². The van der Waals surface area contributed by atoms with Crippen molar-refractivity contribution in [2.45, 2.75) is 290 Å². The summed E-state index contributed by atoms with van der Waals surface area (Å²) in [5, 5.41) is 0. The lowest BCUT2D eigenvalue weighted by Crippen LogP contribution is -2.30. The Hall–Kier alpha value is -2.63. The SMILES string of the molecule is CCCCCCCC/C=C/C/C=C/CCC(=O)OCC(COC(=O)CCCCCCCCC/C=C/CCCCCCCCCC)OC(=O)CCCCC/C=C/CCCCCCCCC. The number of rotatable bonds is 50. The highest BCUT2D eigenvalue weighted by Gasteiger charge is 2.19. The summed E-state index contributed by atoms with van der Waals surface area (Å²) in [6.07, 6.45) is 64.0. The highest BCUT2D eigenvalue weighted by atomic mass is 16.6. The molecule has 0 aromatic heterocycles. The second-order valence-electron chi connectivity index (χ2n) is 18.5. The molecular weight excluding hydrogens is 793 g/mol. The molecule has 0 saturated carbocycles. The van der Waals surface area contributed by atoms with Gasteiger partial charge in [0.05, 0.1) is 0 Å². The average Bonchev–Trinajstić information content (AvgIpc) is 3.29. The standard InChI is InChI=1S/C58H104O6/c1-4-7-10-13-16-19-22-25-27-28-29-30-31-34-36-39-42-45-48-51-57(60)63-54-55(53-62-56(59)50-47-44-41-38-35-32-24-21-18-15-12-9-6-3)64-58(61)52-49-46-43-40-37-33-26-23-20-17-14-11-8-5-2/h28-29,32-33,35,37,41,44,55H,4-27,30-31,34,36,38-40,42-43,45-54H2,1-3H3/b29-28+,35-32+,37-33+,44-41+. The fourth-order valence-electron chi connectivity index (χ4n) is 7.84. The molecule has 0 radical (unpaired) electrons. The van der Waals surface area contributed by atoms with E-state index in [0.29, 0.717) is 19.3 Å². The molecule has 64 heavy (non-hydrogen) atoms. The van der Waals surface area contributed by atoms with Gasteiger partial charge in [0, 0.05) is 19.3 Å². The Labute approximate surface area is 397 Å². The molecule has 0 heterocycles. The van der Waals surface area contributed by atoms with Crippen LogP contribution in [0.15, 0.2) is 48.6 Å². The molecule has 0 amide bonds. The van der Waals surface area contributed by atoms with Crippen LogP contribution in [0.4, 0.5) is 0 Å². The summed E-state index contributed by atoms with van der Waals surface area (Å²) >= 11 is 0. The number of carbonyl (C=O) groups is 3. The van der Waals surface area contributed by atoms with E-state index in [1.807, 2.05) is 6.08 Å². The van der Waals surface area contributed by atoms with Crippen LogP contribution in [0, 0.1) is 0 Å². The van der Waals surface area contributed by atoms with Gasteiger partial charge in [-0.05, 0) is 89.9 Å². The van der Waals surface area contributed by atoms with Crippen LogP contribution in [0.25, 0.3) is 0 Å². The number of hydrogen-bond donors (Lipinski definition) is 0. The topological polar surface area (TPSA) is 78.9 Å². The summed E-state index contributed by atoms with van der Waals surface area (Å²) in [5.74, 6) is -0.979. The number of ether oxygens (including phenoxy) is 3. The van der Waals surface area contributed by atoms with Crippen LogP contribution in [0.2, 0.25) is 0 Å². The summed E-state index contributed by atoms with van der Waals surface area (Å²) in [4.78, 5) is 38.0. The minimum Gasteiger partial charge on any atom is -0.462 e. The third-order valence-electron chi connectivity index (χ3n) is 12.0. The van der Waals surface area contributed by atoms with Crippen LogP contribution >= 0.6 is 0 Å². The maximum atomic E-state index is 12.8. The molecule has 0 bridgehead atoms. The molecule has 0 aromatic carbocycles. The molecule has 0 spiro atoms. The molecule has 372 valence electrons. The number of unbranched alkanes of at least 4 members (excludes halogenated alkanes) is 31. The quantitative estimate of drug-likeness (QED) is 0.0262. The van der Waals surface area contributed by atoms with Gasteiger partial charge in [-0.25, -0.2) is 0 Å². The molecule has 1 unspecified atom stereocenters. The summed E-state index contributed by atoms with van der Waals surface area (Å²) < 4.78 is 16.8. The largest absolute Gasteiger partial charge is 0.462 e. The number of carbonyl (C=O) groups excluding carboxylic acids is 3. The summed E-state index contributed by atoms with van der Waals surface area (Å²) in [7, 11) is 0. The van der Waals surface area contributed by atoms with E-state index in [9.17, 15) is 14.4 Å². The molecular formula is C58H104O6. The second-order valence-corrected chi connectivity index (χ2v) is 18.5. The molecule has 1 atom stereocenters. The highest BCUT2D eigenvalue weighted by molar-refractivity contribution is 5.71. The molecule has 0 aliphatic carbocycles. The Morgan fingerprint density at radius 3 is 0.984 bits per heavy atom. The monoisotopic (exact) mass is 897 g/mol. The Bertz CT molecular complexity index is 1120. The third-order valence-corrected chi connectivity index (χ3v) is 12.0. The lowest BCUT2D eigenvalue weighted by atomic mass is 10.1. The van der Waals surface area contributed by atoms with Gasteiger partial charge >= 0.3 is 17.9 Å². The minimum absolute atomic E-state index is 0.0973. The fourth-order valence-corrected chi connectivity index (χ4v) is 7.84. The van der Waals surface area contributed by atoms with Crippen LogP contribution in [0.5, 0.6) is 0 Å². The predicted molar refractivity (Wildman–Crippen MR) is 275 cm³/mol. The Balaban J connectivity index is 4.40. The summed E-state index contributed by atoms with van der Waals surface area (Å²) in [6.45, 7) is 6.58. The second kappa shape index (κ2) is 53.0. The van der Waals surface area contributed by atoms with Gasteiger partial charge in [-0.3, -0.25) is 14.4 Å². The van der Waals surface area contributed by atoms with Gasteiger partial charge in [0.1, 0.15) is 13.2 Å². The first-order chi connectivity index (χ1) is 31.5. The van der Waals surface area contributed by atoms with Gasteiger partial charge in [0.15, 0.2) is 6.10 Å². The van der Waals surface area contributed by atoms with Crippen molar-refractivity contribution in [3.8, 4) is 0 Å². The van der Waals surface area contributed by atoms with Crippen molar-refractivity contribution in [1.82, 2.24) is 0 Å². The van der Waals surface area contributed by atoms with Crippen molar-refractivity contribution in [3.05, 3.63) is 48.6 Å². The number of esters is 3. The molecule has 6 nitrogen and oxygen atoms in total. The van der Waals surface area contributed by atoms with E-state index >= 15 is 0 Å². The molecule has 0 N–H and O–H groups in total. The van der Waals surface area contributed by atoms with Gasteiger partial charge < -0.3 is 14.2 Å². The lowest BCUT2D eigenvalue weighted by Gasteiger charge is -2.18. The van der Waals surface area contributed by atoms with E-state index < -0.39 is 6.10 Å². The average molecular weight is 897 g/mol. The first-order valence-corrected chi connectivity index (χ1v) is 27.6. The molecule has 0 rings (SSSR count). The first-order valence-electron chi connectivity index (χ1n) is 27.6. The summed E-state index contributed by atoms with van der Waals surface area (Å²) in [6, 6.07) is 0. The minimum atomic E-state index is -0.803. The maximum absolute atomic E-state index is 12.8. The van der Waals surface area contributed by atoms with E-state index in [4.69, 9.17) is 14.2 Å². The van der Waals surface area contributed by atoms with E-state index in [2.05, 4.69) is 63.3 Å². The highest BCUT2D eigenvalue weighted by Crippen LogP contribution is 2.15. The first kappa shape index (κ1) is 61.4. The van der Waals surface area contributed by atoms with Crippen molar-refractivity contribution in [1.29, 1.82) is 0 Å². The van der Waals surface area contributed by atoms with Crippen LogP contribution in [0.1, 0.15) is 284 Å². The van der Waals surface area contributed by atoms with Gasteiger partial charge in [-0.15, -0.1) is 0 Å². The zero-order valence-corrected chi connectivity index (χ0v) is 42.6. The van der Waals surface area contributed by atoms with Crippen LogP contribution in [0.3, 0.4) is 0 Å². The van der Waals surface area contributed by atoms with E-state index in [0.717, 1.165) is 64.2 Å². The van der Waals surface area contributed by atoms with Crippen molar-refractivity contribution >= 4 is 17.9 Å². The van der Waals surface area contributed by atoms with Crippen LogP contribution in [-0.2, 0) is 28.6 Å². The van der Waals surface area contributed by atoms with Crippen molar-refractivity contribution in [2.24, 2.45) is 0 Å². The molecule has 0 fully saturated rings. The molecule has 0 aliphatic heterocycles. The van der Waals surface area contributed by atoms with E-state index in [1.165, 1.54) is 173 Å². The fraction of sp³-hybridized carbons (Fsp3) is 0.810. The maximum Gasteiger partial charge on any atom is 0.306 e. The predicted octanol–water partition coefficient (Wildman–Crippen LogP) is 18.3. The van der Waals surface area contributed by atoms with Crippen LogP contribution in [-0.4, -0.2) is 37.2 Å². The molecule has 0 aromatic rings. The van der Waals surface area contributed by atoms with E-state index in [-0.39, 0.29) is 37.5 Å². The van der Waals surface area contributed by atoms with Gasteiger partial charge in [0.2, 0.25) is 0 Å². The Morgan fingerprint density at radius 1 is 0.312 bits per heavy atom. The lowest BCUT2D eigenvalue weighted by molar-refractivity contribution is -0.166. The summed E-state index contributed by atoms with van der Waals surface area (Å²) in [5.41, 5.74) is 0. The van der Waals surface area contributed by atoms with Crippen LogP contribution < -0.4 is 0 Å². The Morgan fingerprint density at radius 2 is 0.594 bits per heavy atom. The van der Waals surface area contributed by atoms with Crippen molar-refractivity contribution in [2.75, 3.05) is 13.2 Å². The smallest absolute Gasteiger partial charge is 0.306 e. The third kappa shape index (κ3) is 50.4. The van der Waals surface area contributed by atoms with Crippen molar-refractivity contribution in [3.63, 3.8) is 0 Å². The normalized spacial score (nSPS) is 12.4. The van der Waals surface area contributed by atoms with Crippen molar-refractivity contribution < 1.29 is 28.6 Å². The molecule has 0 saturated heterocycles. The number of allylic oxidation sites excluding steroid dienone is 8. The Kier molecular flexibility index (Phi) is 50.8. The number of hydrogen-bond acceptors (Lipinski definition) is 6. The zero-order chi connectivity index (χ0) is 46.5. The van der Waals surface area contributed by atoms with Gasteiger partial charge in [-0.1, -0.05) is 223 Å². The zero-order valence-electron chi connectivity index (χ0n) is 42.6. The molecule has 6 heteroatoms. The van der Waals surface area contributed by atoms with Gasteiger partial charge in [-0.2, -0.15) is 0 Å². The molecule has 0 aliphatic rings.